The fourth-order valence-electron chi connectivity index (χ4n) is 3.70. The van der Waals surface area contributed by atoms with Crippen molar-refractivity contribution in [3.63, 3.8) is 0 Å². The smallest absolute Gasteiger partial charge is 0.295 e. The molecule has 1 aliphatic heterocycles. The summed E-state index contributed by atoms with van der Waals surface area (Å²) in [6.07, 6.45) is 3.22. The Morgan fingerprint density at radius 1 is 1.16 bits per heavy atom. The Balaban J connectivity index is 1.86. The Hall–Kier alpha value is -3.84. The summed E-state index contributed by atoms with van der Waals surface area (Å²) >= 11 is 6.20. The SMILES string of the molecule is COc1ccc(/C(O)=C2/C(=O)C(=O)N(Cc3cccnc3)C2c2ccc(O)cc2)cc1Cl. The van der Waals surface area contributed by atoms with Crippen LogP contribution in [0.1, 0.15) is 22.7 Å². The summed E-state index contributed by atoms with van der Waals surface area (Å²) in [5, 5.41) is 21.0. The number of aromatic nitrogens is 1. The summed E-state index contributed by atoms with van der Waals surface area (Å²) < 4.78 is 5.14. The van der Waals surface area contributed by atoms with E-state index in [0.717, 1.165) is 5.56 Å². The lowest BCUT2D eigenvalue weighted by atomic mass is 9.95. The molecule has 0 aliphatic carbocycles. The zero-order chi connectivity index (χ0) is 22.8. The number of hydrogen-bond acceptors (Lipinski definition) is 6. The molecule has 0 bridgehead atoms. The topological polar surface area (TPSA) is 100.0 Å². The van der Waals surface area contributed by atoms with Crippen molar-refractivity contribution in [2.45, 2.75) is 12.6 Å². The average molecular weight is 451 g/mol. The third-order valence-electron chi connectivity index (χ3n) is 5.25. The molecule has 1 amide bonds. The maximum atomic E-state index is 13.0. The van der Waals surface area contributed by atoms with Crippen LogP contribution < -0.4 is 4.74 Å². The molecule has 1 saturated heterocycles. The lowest BCUT2D eigenvalue weighted by Crippen LogP contribution is -2.29. The first-order chi connectivity index (χ1) is 15.4. The molecule has 0 radical (unpaired) electrons. The number of Topliss-reactive ketones (excluding diaryl/α,β-unsaturated/α-hetero) is 1. The third-order valence-corrected chi connectivity index (χ3v) is 5.55. The molecule has 4 rings (SSSR count). The summed E-state index contributed by atoms with van der Waals surface area (Å²) in [6, 6.07) is 13.4. The normalized spacial score (nSPS) is 17.6. The van der Waals surface area contributed by atoms with Crippen LogP contribution in [-0.2, 0) is 16.1 Å². The van der Waals surface area contributed by atoms with Crippen molar-refractivity contribution in [3.8, 4) is 11.5 Å². The zero-order valence-electron chi connectivity index (χ0n) is 17.0. The molecule has 162 valence electrons. The van der Waals surface area contributed by atoms with Crippen molar-refractivity contribution in [3.05, 3.63) is 94.3 Å². The number of phenols is 1. The van der Waals surface area contributed by atoms with Gasteiger partial charge in [0.05, 0.1) is 23.7 Å². The largest absolute Gasteiger partial charge is 0.508 e. The number of aromatic hydroxyl groups is 1. The Morgan fingerprint density at radius 2 is 1.91 bits per heavy atom. The summed E-state index contributed by atoms with van der Waals surface area (Å²) in [7, 11) is 1.47. The first-order valence-corrected chi connectivity index (χ1v) is 10.1. The number of ether oxygens (including phenoxy) is 1. The number of carbonyl (C=O) groups is 2. The van der Waals surface area contributed by atoms with Gasteiger partial charge in [0.25, 0.3) is 11.7 Å². The van der Waals surface area contributed by atoms with Gasteiger partial charge in [-0.15, -0.1) is 0 Å². The number of nitrogens with zero attached hydrogens (tertiary/aromatic N) is 2. The molecule has 2 heterocycles. The maximum Gasteiger partial charge on any atom is 0.295 e. The second-order valence-corrected chi connectivity index (χ2v) is 7.64. The third kappa shape index (κ3) is 3.90. The van der Waals surface area contributed by atoms with Gasteiger partial charge in [-0.2, -0.15) is 0 Å². The second-order valence-electron chi connectivity index (χ2n) is 7.23. The minimum atomic E-state index is -0.864. The van der Waals surface area contributed by atoms with Crippen LogP contribution in [0.5, 0.6) is 11.5 Å². The number of rotatable bonds is 5. The number of likely N-dealkylation sites (tertiary alicyclic amines) is 1. The molecule has 3 aromatic rings. The van der Waals surface area contributed by atoms with Crippen LogP contribution in [0.15, 0.2) is 72.6 Å². The first-order valence-electron chi connectivity index (χ1n) is 9.71. The Bertz CT molecular complexity index is 1210. The average Bonchev–Trinajstić information content (AvgIpc) is 3.04. The number of aliphatic hydroxyl groups excluding tert-OH is 1. The number of halogens is 1. The van der Waals surface area contributed by atoms with Crippen molar-refractivity contribution in [1.82, 2.24) is 9.88 Å². The van der Waals surface area contributed by atoms with Crippen molar-refractivity contribution in [2.75, 3.05) is 7.11 Å². The van der Waals surface area contributed by atoms with Gasteiger partial charge in [-0.1, -0.05) is 29.8 Å². The van der Waals surface area contributed by atoms with Crippen LogP contribution >= 0.6 is 11.6 Å². The predicted molar refractivity (Wildman–Crippen MR) is 118 cm³/mol. The standard InChI is InChI=1S/C24H19ClN2O5/c1-32-19-9-6-16(11-18(19)25)22(29)20-21(15-4-7-17(28)8-5-15)27(24(31)23(20)30)13-14-3-2-10-26-12-14/h2-12,21,28-29H,13H2,1H3/b22-20-. The quantitative estimate of drug-likeness (QED) is 0.345. The molecule has 2 N–H and O–H groups in total. The Morgan fingerprint density at radius 3 is 2.53 bits per heavy atom. The number of amides is 1. The lowest BCUT2D eigenvalue weighted by Gasteiger charge is -2.25. The molecular formula is C24H19ClN2O5. The highest BCUT2D eigenvalue weighted by Crippen LogP contribution is 2.41. The molecule has 7 nitrogen and oxygen atoms in total. The monoisotopic (exact) mass is 450 g/mol. The Labute approximate surface area is 189 Å². The van der Waals surface area contributed by atoms with Gasteiger partial charge in [0, 0.05) is 24.5 Å². The van der Waals surface area contributed by atoms with Crippen LogP contribution in [0.3, 0.4) is 0 Å². The number of methoxy groups -OCH3 is 1. The summed E-state index contributed by atoms with van der Waals surface area (Å²) in [5.74, 6) is -1.45. The van der Waals surface area contributed by atoms with Gasteiger partial charge in [0.2, 0.25) is 0 Å². The molecule has 0 saturated carbocycles. The van der Waals surface area contributed by atoms with Gasteiger partial charge in [-0.3, -0.25) is 14.6 Å². The highest BCUT2D eigenvalue weighted by Gasteiger charge is 2.46. The van der Waals surface area contributed by atoms with E-state index in [1.54, 1.807) is 48.8 Å². The van der Waals surface area contributed by atoms with E-state index in [-0.39, 0.29) is 34.2 Å². The fourth-order valence-corrected chi connectivity index (χ4v) is 3.96. The van der Waals surface area contributed by atoms with Gasteiger partial charge in [-0.05, 0) is 47.5 Å². The molecule has 1 atom stereocenters. The van der Waals surface area contributed by atoms with Gasteiger partial charge in [0.15, 0.2) is 0 Å². The first kappa shape index (κ1) is 21.4. The van der Waals surface area contributed by atoms with Gasteiger partial charge >= 0.3 is 0 Å². The predicted octanol–water partition coefficient (Wildman–Crippen LogP) is 4.07. The molecule has 1 fully saturated rings. The number of carbonyl (C=O) groups excluding carboxylic acids is 2. The van der Waals surface area contributed by atoms with E-state index in [9.17, 15) is 19.8 Å². The van der Waals surface area contributed by atoms with E-state index in [1.165, 1.54) is 30.2 Å². The van der Waals surface area contributed by atoms with E-state index in [0.29, 0.717) is 11.3 Å². The number of hydrogen-bond donors (Lipinski definition) is 2. The van der Waals surface area contributed by atoms with Crippen LogP contribution in [0.25, 0.3) is 5.76 Å². The summed E-state index contributed by atoms with van der Waals surface area (Å²) in [5.41, 5.74) is 1.50. The number of aliphatic hydroxyl groups is 1. The van der Waals surface area contributed by atoms with E-state index < -0.39 is 17.7 Å². The molecular weight excluding hydrogens is 432 g/mol. The molecule has 0 spiro atoms. The second kappa shape index (κ2) is 8.72. The lowest BCUT2D eigenvalue weighted by molar-refractivity contribution is -0.140. The Kier molecular flexibility index (Phi) is 5.83. The van der Waals surface area contributed by atoms with Gasteiger partial charge < -0.3 is 19.8 Å². The number of pyridine rings is 1. The molecule has 1 aromatic heterocycles. The fraction of sp³-hybridized carbons (Fsp3) is 0.125. The molecule has 1 unspecified atom stereocenters. The van der Waals surface area contributed by atoms with Crippen LogP contribution in [0.4, 0.5) is 0 Å². The summed E-state index contributed by atoms with van der Waals surface area (Å²) in [4.78, 5) is 31.5. The molecule has 1 aliphatic rings. The van der Waals surface area contributed by atoms with Crippen molar-refractivity contribution >= 4 is 29.1 Å². The highest BCUT2D eigenvalue weighted by atomic mass is 35.5. The molecule has 32 heavy (non-hydrogen) atoms. The number of benzene rings is 2. The minimum Gasteiger partial charge on any atom is -0.508 e. The van der Waals surface area contributed by atoms with Crippen molar-refractivity contribution in [1.29, 1.82) is 0 Å². The maximum absolute atomic E-state index is 13.0. The van der Waals surface area contributed by atoms with E-state index in [1.807, 2.05) is 0 Å². The molecule has 8 heteroatoms. The minimum absolute atomic E-state index is 0.0416. The van der Waals surface area contributed by atoms with E-state index in [4.69, 9.17) is 16.3 Å². The van der Waals surface area contributed by atoms with Crippen LogP contribution in [-0.4, -0.2) is 38.9 Å². The van der Waals surface area contributed by atoms with Crippen molar-refractivity contribution < 1.29 is 24.5 Å². The van der Waals surface area contributed by atoms with Gasteiger partial charge in [0.1, 0.15) is 17.3 Å². The van der Waals surface area contributed by atoms with Crippen LogP contribution in [0.2, 0.25) is 5.02 Å². The van der Waals surface area contributed by atoms with Crippen molar-refractivity contribution in [2.24, 2.45) is 0 Å². The van der Waals surface area contributed by atoms with Gasteiger partial charge in [-0.25, -0.2) is 0 Å². The molecule has 2 aromatic carbocycles. The number of phenolic OH excluding ortho intramolecular Hbond substituents is 1. The number of ketones is 1. The van der Waals surface area contributed by atoms with Crippen LogP contribution in [0, 0.1) is 0 Å². The van der Waals surface area contributed by atoms with E-state index in [2.05, 4.69) is 4.98 Å². The zero-order valence-corrected chi connectivity index (χ0v) is 17.8. The summed E-state index contributed by atoms with van der Waals surface area (Å²) in [6.45, 7) is 0.115. The van der Waals surface area contributed by atoms with E-state index >= 15 is 0 Å². The highest BCUT2D eigenvalue weighted by molar-refractivity contribution is 6.46.